The Morgan fingerprint density at radius 1 is 1.47 bits per heavy atom. The third kappa shape index (κ3) is 4.34. The maximum Gasteiger partial charge on any atom is 0.313 e. The summed E-state index contributed by atoms with van der Waals surface area (Å²) in [7, 11) is 1.50. The van der Waals surface area contributed by atoms with Gasteiger partial charge in [0.15, 0.2) is 5.16 Å². The summed E-state index contributed by atoms with van der Waals surface area (Å²) in [6, 6.07) is -0.0542. The monoisotopic (exact) mass is 294 g/mol. The molecule has 0 radical (unpaired) electrons. The lowest BCUT2D eigenvalue weighted by atomic mass is 10.4. The molecule has 9 heteroatoms. The van der Waals surface area contributed by atoms with Crippen LogP contribution in [0.1, 0.15) is 19.9 Å². The first-order chi connectivity index (χ1) is 8.82. The highest BCUT2D eigenvalue weighted by Crippen LogP contribution is 2.25. The molecule has 0 aromatic carbocycles. The number of nitrogens with zero attached hydrogens (tertiary/aromatic N) is 4. The normalized spacial score (nSPS) is 11.3. The van der Waals surface area contributed by atoms with E-state index in [1.54, 1.807) is 4.57 Å². The van der Waals surface area contributed by atoms with Crippen LogP contribution in [0.3, 0.4) is 0 Å². The molecule has 0 aliphatic carbocycles. The van der Waals surface area contributed by atoms with Gasteiger partial charge in [0.05, 0.1) is 12.3 Å². The van der Waals surface area contributed by atoms with Crippen molar-refractivity contribution in [2.45, 2.75) is 31.5 Å². The van der Waals surface area contributed by atoms with E-state index in [-0.39, 0.29) is 11.8 Å². The van der Waals surface area contributed by atoms with Crippen LogP contribution in [0, 0.1) is 0 Å². The first-order valence-corrected chi connectivity index (χ1v) is 6.60. The molecule has 0 saturated heterocycles. The first-order valence-electron chi connectivity index (χ1n) is 5.61. The van der Waals surface area contributed by atoms with E-state index in [0.29, 0.717) is 11.1 Å². The lowest BCUT2D eigenvalue weighted by Crippen LogP contribution is -2.27. The first kappa shape index (κ1) is 15.7. The van der Waals surface area contributed by atoms with Crippen LogP contribution >= 0.6 is 11.8 Å². The molecule has 1 rings (SSSR count). The van der Waals surface area contributed by atoms with Gasteiger partial charge in [-0.3, -0.25) is 9.36 Å². The molecule has 0 amide bonds. The molecule has 108 valence electrons. The molecule has 19 heavy (non-hydrogen) atoms. The Hall–Kier alpha value is -1.38. The minimum atomic E-state index is -2.47. The minimum absolute atomic E-state index is 0.0542. The molecule has 0 atom stereocenters. The van der Waals surface area contributed by atoms with Crippen LogP contribution in [0.15, 0.2) is 5.16 Å². The summed E-state index contributed by atoms with van der Waals surface area (Å²) in [5, 5.41) is 16.8. The average molecular weight is 294 g/mol. The Morgan fingerprint density at radius 3 is 2.58 bits per heavy atom. The van der Waals surface area contributed by atoms with Gasteiger partial charge in [-0.25, -0.2) is 8.78 Å². The Kier molecular flexibility index (Phi) is 5.52. The summed E-state index contributed by atoms with van der Waals surface area (Å²) in [5.41, 5.74) is 0. The van der Waals surface area contributed by atoms with E-state index in [9.17, 15) is 13.6 Å². The fraction of sp³-hybridized carbons (Fsp3) is 0.700. The van der Waals surface area contributed by atoms with Gasteiger partial charge >= 0.3 is 5.97 Å². The number of hydrogen-bond acceptors (Lipinski definition) is 5. The fourth-order valence-electron chi connectivity index (χ4n) is 1.49. The van der Waals surface area contributed by atoms with E-state index < -0.39 is 18.9 Å². The number of anilines is 1. The van der Waals surface area contributed by atoms with Crippen molar-refractivity contribution in [1.82, 2.24) is 14.8 Å². The van der Waals surface area contributed by atoms with Crippen LogP contribution in [0.2, 0.25) is 0 Å². The van der Waals surface area contributed by atoms with E-state index in [0.717, 1.165) is 11.8 Å². The van der Waals surface area contributed by atoms with Crippen molar-refractivity contribution >= 4 is 23.7 Å². The highest BCUT2D eigenvalue weighted by atomic mass is 32.2. The van der Waals surface area contributed by atoms with Gasteiger partial charge in [0.2, 0.25) is 5.95 Å². The third-order valence-corrected chi connectivity index (χ3v) is 3.17. The molecule has 0 bridgehead atoms. The van der Waals surface area contributed by atoms with Crippen molar-refractivity contribution in [2.75, 3.05) is 24.2 Å². The van der Waals surface area contributed by atoms with E-state index >= 15 is 0 Å². The number of carboxylic acids is 1. The highest BCUT2D eigenvalue weighted by Gasteiger charge is 2.20. The molecule has 0 spiro atoms. The van der Waals surface area contributed by atoms with Gasteiger partial charge < -0.3 is 10.0 Å². The number of thioether (sulfide) groups is 1. The predicted molar refractivity (Wildman–Crippen MR) is 68.0 cm³/mol. The zero-order valence-electron chi connectivity index (χ0n) is 10.9. The number of aliphatic carboxylic acids is 1. The average Bonchev–Trinajstić information content (AvgIpc) is 2.68. The van der Waals surface area contributed by atoms with Crippen molar-refractivity contribution in [1.29, 1.82) is 0 Å². The third-order valence-electron chi connectivity index (χ3n) is 2.24. The van der Waals surface area contributed by atoms with Crippen molar-refractivity contribution in [3.05, 3.63) is 0 Å². The Labute approximate surface area is 113 Å². The SMILES string of the molecule is CC(C)n1c(SCC(=O)O)nnc1N(C)CC(F)F. The van der Waals surface area contributed by atoms with Gasteiger partial charge in [0, 0.05) is 13.1 Å². The van der Waals surface area contributed by atoms with Gasteiger partial charge in [0.1, 0.15) is 0 Å². The van der Waals surface area contributed by atoms with Crippen LogP contribution < -0.4 is 4.90 Å². The van der Waals surface area contributed by atoms with Crippen LogP contribution in [0.25, 0.3) is 0 Å². The van der Waals surface area contributed by atoms with Crippen LogP contribution in [-0.4, -0.2) is 51.6 Å². The predicted octanol–water partition coefficient (Wildman–Crippen LogP) is 1.74. The quantitative estimate of drug-likeness (QED) is 0.772. The number of carboxylic acid groups (broad SMARTS) is 1. The van der Waals surface area contributed by atoms with Crippen molar-refractivity contribution < 1.29 is 18.7 Å². The lowest BCUT2D eigenvalue weighted by molar-refractivity contribution is -0.133. The van der Waals surface area contributed by atoms with Gasteiger partial charge in [-0.05, 0) is 13.8 Å². The van der Waals surface area contributed by atoms with Crippen LogP contribution in [-0.2, 0) is 4.79 Å². The Balaban J connectivity index is 2.96. The maximum absolute atomic E-state index is 12.4. The Bertz CT molecular complexity index is 439. The summed E-state index contributed by atoms with van der Waals surface area (Å²) in [4.78, 5) is 11.9. The fourth-order valence-corrected chi connectivity index (χ4v) is 2.28. The second-order valence-corrected chi connectivity index (χ2v) is 5.14. The molecule has 6 nitrogen and oxygen atoms in total. The van der Waals surface area contributed by atoms with E-state index in [1.807, 2.05) is 13.8 Å². The maximum atomic E-state index is 12.4. The molecule has 0 fully saturated rings. The van der Waals surface area contributed by atoms with Crippen molar-refractivity contribution in [3.8, 4) is 0 Å². The van der Waals surface area contributed by atoms with Crippen molar-refractivity contribution in [2.24, 2.45) is 0 Å². The summed E-state index contributed by atoms with van der Waals surface area (Å²) in [5.74, 6) is -0.808. The largest absolute Gasteiger partial charge is 0.481 e. The minimum Gasteiger partial charge on any atom is -0.481 e. The van der Waals surface area contributed by atoms with E-state index in [4.69, 9.17) is 5.11 Å². The number of rotatable bonds is 7. The molecule has 1 N–H and O–H groups in total. The standard InChI is InChI=1S/C10H16F2N4O2S/c1-6(2)16-9(15(3)4-7(11)12)13-14-10(16)19-5-8(17)18/h6-7H,4-5H2,1-3H3,(H,17,18). The smallest absolute Gasteiger partial charge is 0.313 e. The summed E-state index contributed by atoms with van der Waals surface area (Å²) < 4.78 is 26.4. The highest BCUT2D eigenvalue weighted by molar-refractivity contribution is 7.99. The van der Waals surface area contributed by atoms with Crippen LogP contribution in [0.4, 0.5) is 14.7 Å². The van der Waals surface area contributed by atoms with E-state index in [2.05, 4.69) is 10.2 Å². The molecular formula is C10H16F2N4O2S. The summed E-state index contributed by atoms with van der Waals surface area (Å²) in [6.45, 7) is 3.26. The Morgan fingerprint density at radius 2 is 2.11 bits per heavy atom. The molecule has 1 aromatic rings. The lowest BCUT2D eigenvalue weighted by Gasteiger charge is -2.21. The van der Waals surface area contributed by atoms with Gasteiger partial charge in [-0.2, -0.15) is 0 Å². The van der Waals surface area contributed by atoms with Gasteiger partial charge in [-0.1, -0.05) is 11.8 Å². The summed E-state index contributed by atoms with van der Waals surface area (Å²) >= 11 is 1.02. The second kappa shape index (κ2) is 6.69. The molecule has 0 saturated carbocycles. The molecular weight excluding hydrogens is 278 g/mol. The molecule has 0 aliphatic rings. The number of alkyl halides is 2. The molecule has 1 heterocycles. The van der Waals surface area contributed by atoms with Gasteiger partial charge in [-0.15, -0.1) is 10.2 Å². The number of carbonyl (C=O) groups is 1. The van der Waals surface area contributed by atoms with Crippen molar-refractivity contribution in [3.63, 3.8) is 0 Å². The topological polar surface area (TPSA) is 71.2 Å². The molecule has 0 aliphatic heterocycles. The molecule has 0 unspecified atom stereocenters. The molecule has 1 aromatic heterocycles. The van der Waals surface area contributed by atoms with Crippen LogP contribution in [0.5, 0.6) is 0 Å². The van der Waals surface area contributed by atoms with Gasteiger partial charge in [0.25, 0.3) is 6.43 Å². The number of hydrogen-bond donors (Lipinski definition) is 1. The number of aromatic nitrogens is 3. The second-order valence-electron chi connectivity index (χ2n) is 4.20. The number of halogens is 2. The summed E-state index contributed by atoms with van der Waals surface area (Å²) in [6.07, 6.45) is -2.47. The van der Waals surface area contributed by atoms with E-state index in [1.165, 1.54) is 11.9 Å². The zero-order chi connectivity index (χ0) is 14.6. The zero-order valence-corrected chi connectivity index (χ0v) is 11.7.